The number of nitrogens with zero attached hydrogens (tertiary/aromatic N) is 4. The van der Waals surface area contributed by atoms with Gasteiger partial charge in [-0.25, -0.2) is 4.98 Å². The van der Waals surface area contributed by atoms with E-state index in [9.17, 15) is 4.79 Å². The third-order valence-electron chi connectivity index (χ3n) is 2.62. The maximum Gasteiger partial charge on any atom is 0.276 e. The molecule has 6 heteroatoms. The number of amides is 1. The maximum absolute atomic E-state index is 12.1. The first kappa shape index (κ1) is 10.5. The Balaban J connectivity index is 1.92. The molecule has 0 aromatic carbocycles. The number of imidazole rings is 1. The van der Waals surface area contributed by atoms with E-state index in [1.54, 1.807) is 34.9 Å². The number of aromatic nitrogens is 4. The molecule has 1 N–H and O–H groups in total. The molecule has 0 unspecified atom stereocenters. The van der Waals surface area contributed by atoms with Crippen molar-refractivity contribution in [2.45, 2.75) is 0 Å². The van der Waals surface area contributed by atoms with Gasteiger partial charge in [0, 0.05) is 19.4 Å². The predicted octanol–water partition coefficient (Wildman–Crippen LogP) is 1.32. The van der Waals surface area contributed by atoms with Gasteiger partial charge in [-0.3, -0.25) is 9.48 Å². The molecule has 3 rings (SSSR count). The number of hydrogen-bond donors (Lipinski definition) is 1. The average molecular weight is 241 g/mol. The SMILES string of the molecule is Cn1cc(NC(=O)c2ncn3ccccc23)cn1. The summed E-state index contributed by atoms with van der Waals surface area (Å²) in [4.78, 5) is 16.2. The number of aryl methyl sites for hydroxylation is 1. The molecule has 0 fully saturated rings. The second-order valence-corrected chi connectivity index (χ2v) is 3.94. The minimum atomic E-state index is -0.239. The molecule has 0 aliphatic rings. The molecule has 18 heavy (non-hydrogen) atoms. The number of fused-ring (bicyclic) bond motifs is 1. The van der Waals surface area contributed by atoms with Crippen LogP contribution in [0.3, 0.4) is 0 Å². The van der Waals surface area contributed by atoms with Gasteiger partial charge >= 0.3 is 0 Å². The lowest BCUT2D eigenvalue weighted by atomic mass is 10.3. The maximum atomic E-state index is 12.1. The first-order valence-electron chi connectivity index (χ1n) is 5.46. The zero-order chi connectivity index (χ0) is 12.5. The standard InChI is InChI=1S/C12H11N5O/c1-16-7-9(6-14-16)15-12(18)11-10-4-2-3-5-17(10)8-13-11/h2-8H,1H3,(H,15,18). The topological polar surface area (TPSA) is 64.2 Å². The Kier molecular flexibility index (Phi) is 2.33. The van der Waals surface area contributed by atoms with Gasteiger partial charge in [0.25, 0.3) is 5.91 Å². The molecule has 0 radical (unpaired) electrons. The molecule has 3 heterocycles. The predicted molar refractivity (Wildman–Crippen MR) is 66.4 cm³/mol. The van der Waals surface area contributed by atoms with Crippen molar-refractivity contribution in [1.82, 2.24) is 19.2 Å². The number of rotatable bonds is 2. The van der Waals surface area contributed by atoms with Crippen molar-refractivity contribution in [3.8, 4) is 0 Å². The van der Waals surface area contributed by atoms with Crippen LogP contribution in [-0.2, 0) is 7.05 Å². The highest BCUT2D eigenvalue weighted by Gasteiger charge is 2.13. The van der Waals surface area contributed by atoms with E-state index >= 15 is 0 Å². The Hall–Kier alpha value is -2.63. The molecule has 6 nitrogen and oxygen atoms in total. The smallest absolute Gasteiger partial charge is 0.276 e. The fourth-order valence-corrected chi connectivity index (χ4v) is 1.79. The highest BCUT2D eigenvalue weighted by molar-refractivity contribution is 6.07. The van der Waals surface area contributed by atoms with Gasteiger partial charge in [-0.2, -0.15) is 5.10 Å². The van der Waals surface area contributed by atoms with Gasteiger partial charge in [-0.1, -0.05) is 6.07 Å². The van der Waals surface area contributed by atoms with E-state index in [1.807, 2.05) is 24.4 Å². The van der Waals surface area contributed by atoms with Crippen LogP contribution in [0.15, 0.2) is 43.1 Å². The zero-order valence-corrected chi connectivity index (χ0v) is 9.74. The molecule has 0 saturated carbocycles. The van der Waals surface area contributed by atoms with Crippen LogP contribution in [0.4, 0.5) is 5.69 Å². The van der Waals surface area contributed by atoms with Gasteiger partial charge in [0.2, 0.25) is 0 Å². The number of hydrogen-bond acceptors (Lipinski definition) is 3. The molecule has 0 atom stereocenters. The Morgan fingerprint density at radius 2 is 2.28 bits per heavy atom. The Morgan fingerprint density at radius 1 is 1.39 bits per heavy atom. The summed E-state index contributed by atoms with van der Waals surface area (Å²) >= 11 is 0. The van der Waals surface area contributed by atoms with Crippen LogP contribution in [0.25, 0.3) is 5.52 Å². The fraction of sp³-hybridized carbons (Fsp3) is 0.0833. The van der Waals surface area contributed by atoms with Crippen molar-refractivity contribution in [2.75, 3.05) is 5.32 Å². The quantitative estimate of drug-likeness (QED) is 0.736. The summed E-state index contributed by atoms with van der Waals surface area (Å²) in [5.41, 5.74) is 1.83. The largest absolute Gasteiger partial charge is 0.318 e. The van der Waals surface area contributed by atoms with Crippen molar-refractivity contribution in [3.05, 3.63) is 48.8 Å². The molecular formula is C12H11N5O. The lowest BCUT2D eigenvalue weighted by Gasteiger charge is -1.99. The summed E-state index contributed by atoms with van der Waals surface area (Å²) in [5.74, 6) is -0.239. The molecule has 0 saturated heterocycles. The van der Waals surface area contributed by atoms with Gasteiger partial charge in [0.05, 0.1) is 17.4 Å². The minimum absolute atomic E-state index is 0.239. The van der Waals surface area contributed by atoms with Crippen LogP contribution in [-0.4, -0.2) is 25.1 Å². The molecule has 3 aromatic rings. The van der Waals surface area contributed by atoms with E-state index in [2.05, 4.69) is 15.4 Å². The van der Waals surface area contributed by atoms with Crippen LogP contribution >= 0.6 is 0 Å². The fourth-order valence-electron chi connectivity index (χ4n) is 1.79. The van der Waals surface area contributed by atoms with Crippen molar-refractivity contribution in [1.29, 1.82) is 0 Å². The molecule has 3 aromatic heterocycles. The molecule has 0 aliphatic heterocycles. The monoisotopic (exact) mass is 241 g/mol. The normalized spacial score (nSPS) is 10.7. The number of nitrogens with one attached hydrogen (secondary N) is 1. The Labute approximate surface area is 103 Å². The lowest BCUT2D eigenvalue weighted by molar-refractivity contribution is 0.102. The Morgan fingerprint density at radius 3 is 3.06 bits per heavy atom. The van der Waals surface area contributed by atoms with Crippen molar-refractivity contribution < 1.29 is 4.79 Å². The zero-order valence-electron chi connectivity index (χ0n) is 9.74. The van der Waals surface area contributed by atoms with Crippen molar-refractivity contribution in [2.24, 2.45) is 7.05 Å². The molecule has 0 aliphatic carbocycles. The van der Waals surface area contributed by atoms with E-state index in [0.717, 1.165) is 5.52 Å². The van der Waals surface area contributed by atoms with Crippen LogP contribution < -0.4 is 5.32 Å². The van der Waals surface area contributed by atoms with Crippen LogP contribution in [0.1, 0.15) is 10.5 Å². The highest BCUT2D eigenvalue weighted by Crippen LogP contribution is 2.12. The molecule has 1 amide bonds. The number of anilines is 1. The number of carbonyl (C=O) groups excluding carboxylic acids is 1. The highest BCUT2D eigenvalue weighted by atomic mass is 16.1. The second-order valence-electron chi connectivity index (χ2n) is 3.94. The summed E-state index contributed by atoms with van der Waals surface area (Å²) in [7, 11) is 1.79. The van der Waals surface area contributed by atoms with Gasteiger partial charge in [-0.15, -0.1) is 0 Å². The average Bonchev–Trinajstić information content (AvgIpc) is 2.95. The van der Waals surface area contributed by atoms with Gasteiger partial charge in [0.1, 0.15) is 6.33 Å². The van der Waals surface area contributed by atoms with Crippen molar-refractivity contribution in [3.63, 3.8) is 0 Å². The Bertz CT molecular complexity index is 712. The number of pyridine rings is 1. The summed E-state index contributed by atoms with van der Waals surface area (Å²) in [6, 6.07) is 5.61. The van der Waals surface area contributed by atoms with Gasteiger partial charge < -0.3 is 9.72 Å². The third-order valence-corrected chi connectivity index (χ3v) is 2.62. The van der Waals surface area contributed by atoms with Crippen molar-refractivity contribution >= 4 is 17.1 Å². The summed E-state index contributed by atoms with van der Waals surface area (Å²) in [5, 5.41) is 6.75. The molecule has 0 spiro atoms. The van der Waals surface area contributed by atoms with Gasteiger partial charge in [0.15, 0.2) is 5.69 Å². The van der Waals surface area contributed by atoms with E-state index in [-0.39, 0.29) is 5.91 Å². The second kappa shape index (κ2) is 3.99. The summed E-state index contributed by atoms with van der Waals surface area (Å²) in [6.45, 7) is 0. The van der Waals surface area contributed by atoms with Crippen LogP contribution in [0, 0.1) is 0 Å². The minimum Gasteiger partial charge on any atom is -0.318 e. The van der Waals surface area contributed by atoms with E-state index in [0.29, 0.717) is 11.4 Å². The van der Waals surface area contributed by atoms with Gasteiger partial charge in [-0.05, 0) is 12.1 Å². The van der Waals surface area contributed by atoms with E-state index in [4.69, 9.17) is 0 Å². The van der Waals surface area contributed by atoms with Crippen LogP contribution in [0.2, 0.25) is 0 Å². The first-order chi connectivity index (χ1) is 8.74. The lowest BCUT2D eigenvalue weighted by Crippen LogP contribution is -2.12. The molecule has 90 valence electrons. The summed E-state index contributed by atoms with van der Waals surface area (Å²) in [6.07, 6.45) is 6.79. The number of carbonyl (C=O) groups is 1. The molecular weight excluding hydrogens is 230 g/mol. The van der Waals surface area contributed by atoms with E-state index < -0.39 is 0 Å². The molecule has 0 bridgehead atoms. The first-order valence-corrected chi connectivity index (χ1v) is 5.46. The third kappa shape index (κ3) is 1.73. The summed E-state index contributed by atoms with van der Waals surface area (Å²) < 4.78 is 3.43. The van der Waals surface area contributed by atoms with Crippen LogP contribution in [0.5, 0.6) is 0 Å². The van der Waals surface area contributed by atoms with E-state index in [1.165, 1.54) is 0 Å².